The Balaban J connectivity index is 2.34. The van der Waals surface area contributed by atoms with Crippen molar-refractivity contribution in [1.29, 1.82) is 0 Å². The van der Waals surface area contributed by atoms with Crippen molar-refractivity contribution < 1.29 is 0 Å². The van der Waals surface area contributed by atoms with E-state index >= 15 is 0 Å². The van der Waals surface area contributed by atoms with Crippen molar-refractivity contribution in [3.63, 3.8) is 0 Å². The van der Waals surface area contributed by atoms with Gasteiger partial charge in [-0.3, -0.25) is 5.73 Å². The van der Waals surface area contributed by atoms with Crippen LogP contribution in [0.15, 0.2) is 34.7 Å². The van der Waals surface area contributed by atoms with Gasteiger partial charge < -0.3 is 5.32 Å². The Labute approximate surface area is 79.9 Å². The number of hydrogen-bond donors (Lipinski definition) is 2. The third-order valence-corrected chi connectivity index (χ3v) is 1.77. The molecule has 0 saturated carbocycles. The van der Waals surface area contributed by atoms with E-state index in [0.29, 0.717) is 11.0 Å². The maximum Gasteiger partial charge on any atom is 0.174 e. The maximum atomic E-state index is 5.77. The molecule has 1 aromatic heterocycles. The van der Waals surface area contributed by atoms with E-state index in [1.54, 1.807) is 29.2 Å². The lowest BCUT2D eigenvalue weighted by molar-refractivity contribution is 0.620. The van der Waals surface area contributed by atoms with Crippen LogP contribution in [0.4, 0.5) is 0 Å². The molecule has 0 spiro atoms. The normalized spacial score (nSPS) is 21.8. The molecule has 0 saturated heterocycles. The highest BCUT2D eigenvalue weighted by molar-refractivity contribution is 6.31. The molecule has 68 valence electrons. The van der Waals surface area contributed by atoms with Crippen molar-refractivity contribution >= 4 is 17.4 Å². The Bertz CT molecular complexity index is 353. The van der Waals surface area contributed by atoms with Crippen LogP contribution in [-0.2, 0) is 0 Å². The summed E-state index contributed by atoms with van der Waals surface area (Å²) in [4.78, 5) is 4.10. The largest absolute Gasteiger partial charge is 0.342 e. The predicted molar refractivity (Wildman–Crippen MR) is 50.1 cm³/mol. The molecule has 5 nitrogen and oxygen atoms in total. The number of nitrogens with two attached hydrogens (primary N) is 1. The second-order valence-corrected chi connectivity index (χ2v) is 2.93. The topological polar surface area (TPSA) is 68.2 Å². The van der Waals surface area contributed by atoms with Crippen LogP contribution < -0.4 is 11.1 Å². The first-order chi connectivity index (χ1) is 6.25. The highest BCUT2D eigenvalue weighted by Crippen LogP contribution is 2.05. The van der Waals surface area contributed by atoms with Gasteiger partial charge in [0.15, 0.2) is 12.1 Å². The molecule has 1 aliphatic heterocycles. The molecular weight excluding hydrogens is 190 g/mol. The summed E-state index contributed by atoms with van der Waals surface area (Å²) >= 11 is 5.77. The number of hydrogen-bond acceptors (Lipinski definition) is 4. The minimum Gasteiger partial charge on any atom is -0.342 e. The SMILES string of the molecule is NC1N=C(n2cccn2)C=C(Cl)N1. The Morgan fingerprint density at radius 1 is 1.62 bits per heavy atom. The van der Waals surface area contributed by atoms with E-state index < -0.39 is 6.29 Å². The Morgan fingerprint density at radius 2 is 2.46 bits per heavy atom. The monoisotopic (exact) mass is 197 g/mol. The van der Waals surface area contributed by atoms with E-state index in [1.165, 1.54) is 0 Å². The van der Waals surface area contributed by atoms with Gasteiger partial charge in [0.05, 0.1) is 0 Å². The second-order valence-electron chi connectivity index (χ2n) is 2.52. The smallest absolute Gasteiger partial charge is 0.174 e. The predicted octanol–water partition coefficient (Wildman–Crippen LogP) is 0.0554. The van der Waals surface area contributed by atoms with Crippen molar-refractivity contribution in [1.82, 2.24) is 15.1 Å². The van der Waals surface area contributed by atoms with Crippen LogP contribution in [0, 0.1) is 0 Å². The number of rotatable bonds is 0. The van der Waals surface area contributed by atoms with Crippen LogP contribution in [0.3, 0.4) is 0 Å². The number of nitrogens with one attached hydrogen (secondary N) is 1. The fourth-order valence-corrected chi connectivity index (χ4v) is 1.25. The van der Waals surface area contributed by atoms with E-state index in [1.807, 2.05) is 0 Å². The summed E-state index contributed by atoms with van der Waals surface area (Å²) < 4.78 is 1.60. The Kier molecular flexibility index (Phi) is 2.03. The molecule has 1 aromatic rings. The summed E-state index contributed by atoms with van der Waals surface area (Å²) in [6, 6.07) is 1.80. The number of halogens is 1. The van der Waals surface area contributed by atoms with Crippen LogP contribution in [-0.4, -0.2) is 21.9 Å². The first-order valence-corrected chi connectivity index (χ1v) is 4.10. The number of allylic oxidation sites excluding steroid dienone is 1. The highest BCUT2D eigenvalue weighted by Gasteiger charge is 2.11. The molecule has 0 aromatic carbocycles. The number of nitrogens with zero attached hydrogens (tertiary/aromatic N) is 3. The van der Waals surface area contributed by atoms with E-state index in [0.717, 1.165) is 0 Å². The fraction of sp³-hybridized carbons (Fsp3) is 0.143. The van der Waals surface area contributed by atoms with Gasteiger partial charge in [0.1, 0.15) is 5.16 Å². The van der Waals surface area contributed by atoms with Crippen LogP contribution in [0.1, 0.15) is 0 Å². The standard InChI is InChI=1S/C7H8ClN5/c8-5-4-6(12-7(9)11-5)13-3-1-2-10-13/h1-4,7,11H,9H2. The van der Waals surface area contributed by atoms with Gasteiger partial charge in [0.25, 0.3) is 0 Å². The first-order valence-electron chi connectivity index (χ1n) is 3.73. The summed E-state index contributed by atoms with van der Waals surface area (Å²) in [6.07, 6.45) is 4.60. The zero-order valence-corrected chi connectivity index (χ0v) is 7.44. The van der Waals surface area contributed by atoms with Crippen LogP contribution in [0.25, 0.3) is 0 Å². The molecule has 2 rings (SSSR count). The van der Waals surface area contributed by atoms with Gasteiger partial charge >= 0.3 is 0 Å². The average Bonchev–Trinajstić information content (AvgIpc) is 2.53. The molecule has 1 atom stereocenters. The molecule has 6 heteroatoms. The second kappa shape index (κ2) is 3.20. The average molecular weight is 198 g/mol. The number of aliphatic imine (C=N–C) groups is 1. The van der Waals surface area contributed by atoms with Gasteiger partial charge in [-0.25, -0.2) is 9.67 Å². The lowest BCUT2D eigenvalue weighted by Crippen LogP contribution is -2.38. The lowest BCUT2D eigenvalue weighted by Gasteiger charge is -2.16. The maximum absolute atomic E-state index is 5.77. The molecule has 0 radical (unpaired) electrons. The zero-order chi connectivity index (χ0) is 9.26. The van der Waals surface area contributed by atoms with Gasteiger partial charge in [0.2, 0.25) is 0 Å². The van der Waals surface area contributed by atoms with Crippen LogP contribution in [0.5, 0.6) is 0 Å². The van der Waals surface area contributed by atoms with E-state index in [9.17, 15) is 0 Å². The van der Waals surface area contributed by atoms with Gasteiger partial charge in [-0.15, -0.1) is 0 Å². The lowest BCUT2D eigenvalue weighted by atomic mass is 10.5. The Hall–Kier alpha value is -1.33. The van der Waals surface area contributed by atoms with Gasteiger partial charge in [-0.2, -0.15) is 5.10 Å². The summed E-state index contributed by atoms with van der Waals surface area (Å²) in [5.74, 6) is 0.626. The third kappa shape index (κ3) is 1.71. The zero-order valence-electron chi connectivity index (χ0n) is 6.68. The molecule has 0 bridgehead atoms. The molecule has 0 fully saturated rings. The van der Waals surface area contributed by atoms with Gasteiger partial charge in [0, 0.05) is 18.5 Å². The van der Waals surface area contributed by atoms with Crippen molar-refractivity contribution in [3.05, 3.63) is 29.7 Å². The molecular formula is C7H8ClN5. The molecule has 0 amide bonds. The quantitative estimate of drug-likeness (QED) is 0.578. The highest BCUT2D eigenvalue weighted by atomic mass is 35.5. The molecule has 3 N–H and O–H groups in total. The van der Waals surface area contributed by atoms with Gasteiger partial charge in [-0.1, -0.05) is 11.6 Å². The molecule has 0 aliphatic carbocycles. The van der Waals surface area contributed by atoms with Crippen LogP contribution in [0.2, 0.25) is 0 Å². The molecule has 1 unspecified atom stereocenters. The van der Waals surface area contributed by atoms with Crippen molar-refractivity contribution in [3.8, 4) is 0 Å². The van der Waals surface area contributed by atoms with E-state index in [2.05, 4.69) is 15.4 Å². The van der Waals surface area contributed by atoms with E-state index in [-0.39, 0.29) is 0 Å². The minimum atomic E-state index is -0.503. The van der Waals surface area contributed by atoms with Gasteiger partial charge in [-0.05, 0) is 6.07 Å². The summed E-state index contributed by atoms with van der Waals surface area (Å²) in [7, 11) is 0. The van der Waals surface area contributed by atoms with Crippen molar-refractivity contribution in [2.24, 2.45) is 10.7 Å². The van der Waals surface area contributed by atoms with Crippen LogP contribution >= 0.6 is 11.6 Å². The summed E-state index contributed by atoms with van der Waals surface area (Å²) in [6.45, 7) is 0. The third-order valence-electron chi connectivity index (χ3n) is 1.55. The van der Waals surface area contributed by atoms with E-state index in [4.69, 9.17) is 17.3 Å². The Morgan fingerprint density at radius 3 is 3.08 bits per heavy atom. The minimum absolute atomic E-state index is 0.466. The summed E-state index contributed by atoms with van der Waals surface area (Å²) in [5.41, 5.74) is 5.56. The molecule has 13 heavy (non-hydrogen) atoms. The molecule has 2 heterocycles. The fourth-order valence-electron chi connectivity index (χ4n) is 1.04. The number of aromatic nitrogens is 2. The molecule has 1 aliphatic rings. The van der Waals surface area contributed by atoms with Crippen molar-refractivity contribution in [2.45, 2.75) is 6.29 Å². The summed E-state index contributed by atoms with van der Waals surface area (Å²) in [5, 5.41) is 7.22. The first kappa shape index (κ1) is 8.28. The van der Waals surface area contributed by atoms with Crippen molar-refractivity contribution in [2.75, 3.05) is 0 Å².